The number of aryl methyl sites for hydroxylation is 4. The Hall–Kier alpha value is -1.74. The molecule has 29 heavy (non-hydrogen) atoms. The lowest BCUT2D eigenvalue weighted by Crippen LogP contribution is -2.34. The smallest absolute Gasteiger partial charge is 0.262 e. The molecule has 6 nitrogen and oxygen atoms in total. The van der Waals surface area contributed by atoms with Gasteiger partial charge in [0.25, 0.3) is 10.1 Å². The summed E-state index contributed by atoms with van der Waals surface area (Å²) >= 11 is 0. The zero-order chi connectivity index (χ0) is 22.1. The van der Waals surface area contributed by atoms with Crippen LogP contribution in [0.4, 0.5) is 0 Å². The van der Waals surface area contributed by atoms with Crippen molar-refractivity contribution in [2.45, 2.75) is 64.4 Å². The first-order valence-corrected chi connectivity index (χ1v) is 12.2. The summed E-state index contributed by atoms with van der Waals surface area (Å²) in [6, 6.07) is 6.86. The van der Waals surface area contributed by atoms with Gasteiger partial charge in [-0.2, -0.15) is 8.42 Å². The van der Waals surface area contributed by atoms with E-state index < -0.39 is 26.2 Å². The fourth-order valence-corrected chi connectivity index (χ4v) is 6.30. The van der Waals surface area contributed by atoms with E-state index in [1.807, 2.05) is 20.8 Å². The predicted molar refractivity (Wildman–Crippen MR) is 114 cm³/mol. The molecule has 160 valence electrons. The summed E-state index contributed by atoms with van der Waals surface area (Å²) in [4.78, 5) is 0.309. The summed E-state index contributed by atoms with van der Waals surface area (Å²) in [5.41, 5.74) is 4.74. The monoisotopic (exact) mass is 439 g/mol. The first-order valence-electron chi connectivity index (χ1n) is 9.34. The molecule has 0 saturated heterocycles. The van der Waals surface area contributed by atoms with Crippen LogP contribution in [-0.4, -0.2) is 29.5 Å². The standard InChI is InChI=1S/C21H29NO5S2/c1-13-10-15(3)21(16(4)11-13)29(25,26)27-17(5)12-22-28(23,24)20-9-8-14(2)18(6)19(20)7/h8-11,17,22H,12H2,1-7H3. The number of benzene rings is 2. The van der Waals surface area contributed by atoms with E-state index in [2.05, 4.69) is 4.72 Å². The van der Waals surface area contributed by atoms with E-state index in [0.29, 0.717) is 16.7 Å². The normalized spacial score (nSPS) is 13.5. The van der Waals surface area contributed by atoms with Crippen molar-refractivity contribution in [2.24, 2.45) is 0 Å². The predicted octanol–water partition coefficient (Wildman–Crippen LogP) is 3.61. The maximum atomic E-state index is 12.7. The maximum Gasteiger partial charge on any atom is 0.297 e. The van der Waals surface area contributed by atoms with E-state index in [9.17, 15) is 16.8 Å². The van der Waals surface area contributed by atoms with Gasteiger partial charge in [0.2, 0.25) is 10.0 Å². The van der Waals surface area contributed by atoms with Gasteiger partial charge in [-0.1, -0.05) is 23.8 Å². The van der Waals surface area contributed by atoms with Crippen molar-refractivity contribution in [3.8, 4) is 0 Å². The molecule has 0 fully saturated rings. The summed E-state index contributed by atoms with van der Waals surface area (Å²) in [5.74, 6) is 0. The Labute approximate surface area is 174 Å². The zero-order valence-corrected chi connectivity index (χ0v) is 19.6. The largest absolute Gasteiger partial charge is 0.297 e. The lowest BCUT2D eigenvalue weighted by Gasteiger charge is -2.18. The summed E-state index contributed by atoms with van der Waals surface area (Å²) in [6.45, 7) is 12.2. The Kier molecular flexibility index (Phi) is 6.94. The highest BCUT2D eigenvalue weighted by atomic mass is 32.2. The Bertz CT molecular complexity index is 1110. The second kappa shape index (κ2) is 8.55. The molecule has 8 heteroatoms. The van der Waals surface area contributed by atoms with Gasteiger partial charge in [0.15, 0.2) is 0 Å². The van der Waals surface area contributed by atoms with Crippen LogP contribution in [-0.2, 0) is 24.3 Å². The Morgan fingerprint density at radius 1 is 0.862 bits per heavy atom. The average molecular weight is 440 g/mol. The first-order chi connectivity index (χ1) is 13.3. The Morgan fingerprint density at radius 3 is 1.97 bits per heavy atom. The van der Waals surface area contributed by atoms with Crippen LogP contribution in [0, 0.1) is 41.5 Å². The Morgan fingerprint density at radius 2 is 1.41 bits per heavy atom. The van der Waals surface area contributed by atoms with Crippen molar-refractivity contribution in [1.29, 1.82) is 0 Å². The third kappa shape index (κ3) is 5.25. The molecule has 0 aliphatic carbocycles. The van der Waals surface area contributed by atoms with E-state index in [-0.39, 0.29) is 16.3 Å². The van der Waals surface area contributed by atoms with Crippen LogP contribution >= 0.6 is 0 Å². The van der Waals surface area contributed by atoms with Gasteiger partial charge in [-0.3, -0.25) is 4.18 Å². The third-order valence-corrected chi connectivity index (χ3v) is 8.30. The van der Waals surface area contributed by atoms with Crippen LogP contribution in [0.15, 0.2) is 34.1 Å². The van der Waals surface area contributed by atoms with Gasteiger partial charge in [0.05, 0.1) is 15.9 Å². The molecule has 1 unspecified atom stereocenters. The number of sulfonamides is 1. The molecule has 2 aromatic rings. The molecule has 1 N–H and O–H groups in total. The lowest BCUT2D eigenvalue weighted by atomic mass is 10.1. The third-order valence-electron chi connectivity index (χ3n) is 5.00. The highest BCUT2D eigenvalue weighted by Gasteiger charge is 2.25. The fourth-order valence-electron chi connectivity index (χ4n) is 3.39. The van der Waals surface area contributed by atoms with Crippen LogP contribution in [0.5, 0.6) is 0 Å². The number of hydrogen-bond donors (Lipinski definition) is 1. The highest BCUT2D eigenvalue weighted by molar-refractivity contribution is 7.89. The Balaban J connectivity index is 2.17. The zero-order valence-electron chi connectivity index (χ0n) is 18.0. The molecular weight excluding hydrogens is 410 g/mol. The average Bonchev–Trinajstić information content (AvgIpc) is 2.56. The summed E-state index contributed by atoms with van der Waals surface area (Å²) in [5, 5.41) is 0. The minimum Gasteiger partial charge on any atom is -0.262 e. The van der Waals surface area contributed by atoms with Gasteiger partial charge in [0, 0.05) is 6.54 Å². The first kappa shape index (κ1) is 23.5. The topological polar surface area (TPSA) is 89.5 Å². The van der Waals surface area contributed by atoms with Gasteiger partial charge in [-0.05, 0) is 82.3 Å². The maximum absolute atomic E-state index is 12.7. The second-order valence-corrected chi connectivity index (χ2v) is 10.8. The molecule has 2 rings (SSSR count). The van der Waals surface area contributed by atoms with Gasteiger partial charge < -0.3 is 0 Å². The number of hydrogen-bond acceptors (Lipinski definition) is 5. The van der Waals surface area contributed by atoms with Crippen molar-refractivity contribution in [2.75, 3.05) is 6.54 Å². The molecule has 0 radical (unpaired) electrons. The molecule has 0 heterocycles. The van der Waals surface area contributed by atoms with Crippen molar-refractivity contribution < 1.29 is 21.0 Å². The SMILES string of the molecule is Cc1cc(C)c(S(=O)(=O)OC(C)CNS(=O)(=O)c2ccc(C)c(C)c2C)c(C)c1. The minimum atomic E-state index is -4.03. The van der Waals surface area contributed by atoms with E-state index in [4.69, 9.17) is 4.18 Å². The van der Waals surface area contributed by atoms with Crippen LogP contribution in [0.2, 0.25) is 0 Å². The van der Waals surface area contributed by atoms with E-state index in [1.54, 1.807) is 45.0 Å². The molecule has 0 bridgehead atoms. The minimum absolute atomic E-state index is 0.128. The van der Waals surface area contributed by atoms with Gasteiger partial charge in [-0.15, -0.1) is 0 Å². The quantitative estimate of drug-likeness (QED) is 0.666. The summed E-state index contributed by atoms with van der Waals surface area (Å²) in [7, 11) is -7.82. The molecule has 1 atom stereocenters. The van der Waals surface area contributed by atoms with Crippen molar-refractivity contribution in [3.63, 3.8) is 0 Å². The summed E-state index contributed by atoms with van der Waals surface area (Å²) < 4.78 is 58.6. The van der Waals surface area contributed by atoms with E-state index >= 15 is 0 Å². The second-order valence-electron chi connectivity index (χ2n) is 7.57. The van der Waals surface area contributed by atoms with Crippen LogP contribution in [0.3, 0.4) is 0 Å². The number of rotatable bonds is 7. The van der Waals surface area contributed by atoms with Crippen molar-refractivity contribution in [3.05, 3.63) is 57.6 Å². The molecule has 0 aliphatic heterocycles. The highest BCUT2D eigenvalue weighted by Crippen LogP contribution is 2.25. The van der Waals surface area contributed by atoms with E-state index in [1.165, 1.54) is 6.92 Å². The molecular formula is C21H29NO5S2. The molecule has 0 aliphatic rings. The van der Waals surface area contributed by atoms with Gasteiger partial charge in [0.1, 0.15) is 0 Å². The van der Waals surface area contributed by atoms with Crippen LogP contribution in [0.1, 0.15) is 40.3 Å². The molecule has 0 spiro atoms. The number of nitrogens with one attached hydrogen (secondary N) is 1. The van der Waals surface area contributed by atoms with Crippen LogP contribution in [0.25, 0.3) is 0 Å². The van der Waals surface area contributed by atoms with Gasteiger partial charge >= 0.3 is 0 Å². The van der Waals surface area contributed by atoms with Crippen LogP contribution < -0.4 is 4.72 Å². The molecule has 0 aromatic heterocycles. The molecule has 0 saturated carbocycles. The lowest BCUT2D eigenvalue weighted by molar-refractivity contribution is 0.231. The van der Waals surface area contributed by atoms with Gasteiger partial charge in [-0.25, -0.2) is 13.1 Å². The van der Waals surface area contributed by atoms with Crippen molar-refractivity contribution in [1.82, 2.24) is 4.72 Å². The van der Waals surface area contributed by atoms with E-state index in [0.717, 1.165) is 16.7 Å². The van der Waals surface area contributed by atoms with Crippen molar-refractivity contribution >= 4 is 20.1 Å². The summed E-state index contributed by atoms with van der Waals surface area (Å²) in [6.07, 6.45) is -0.873. The fraction of sp³-hybridized carbons (Fsp3) is 0.429. The molecule has 0 amide bonds. The molecule has 2 aromatic carbocycles.